The molecule has 1 aliphatic carbocycles. The molecule has 5 nitrogen and oxygen atoms in total. The topological polar surface area (TPSA) is 58.1 Å². The standard InChI is InChI=1S/C20H24N4O/c1-14-21-17(13-19(22-14)23-16-8-3-2-4-9-16)20(25)24-12-11-15-7-5-6-10-18(15)24/h5-7,10,13,16H,2-4,8-9,11-12H2,1H3,(H,21,22,23). The van der Waals surface area contributed by atoms with Crippen LogP contribution in [0.3, 0.4) is 0 Å². The van der Waals surface area contributed by atoms with Gasteiger partial charge in [-0.3, -0.25) is 4.79 Å². The summed E-state index contributed by atoms with van der Waals surface area (Å²) in [5, 5.41) is 3.50. The van der Waals surface area contributed by atoms with Crippen LogP contribution < -0.4 is 10.2 Å². The summed E-state index contributed by atoms with van der Waals surface area (Å²) in [7, 11) is 0. The van der Waals surface area contributed by atoms with Crippen LogP contribution >= 0.6 is 0 Å². The van der Waals surface area contributed by atoms with Crippen molar-refractivity contribution in [1.29, 1.82) is 0 Å². The number of rotatable bonds is 3. The van der Waals surface area contributed by atoms with E-state index in [1.54, 1.807) is 0 Å². The van der Waals surface area contributed by atoms with Gasteiger partial charge in [0.25, 0.3) is 5.91 Å². The van der Waals surface area contributed by atoms with Gasteiger partial charge in [-0.25, -0.2) is 9.97 Å². The van der Waals surface area contributed by atoms with E-state index in [4.69, 9.17) is 0 Å². The Morgan fingerprint density at radius 3 is 2.80 bits per heavy atom. The molecule has 0 atom stereocenters. The first-order valence-electron chi connectivity index (χ1n) is 9.23. The number of hydrogen-bond donors (Lipinski definition) is 1. The zero-order valence-corrected chi connectivity index (χ0v) is 14.7. The summed E-state index contributed by atoms with van der Waals surface area (Å²) in [6.45, 7) is 2.56. The van der Waals surface area contributed by atoms with Crippen molar-refractivity contribution in [3.63, 3.8) is 0 Å². The Kier molecular flexibility index (Phi) is 4.38. The third-order valence-electron chi connectivity index (χ3n) is 5.15. The van der Waals surface area contributed by atoms with Crippen LogP contribution in [0.15, 0.2) is 30.3 Å². The van der Waals surface area contributed by atoms with Crippen molar-refractivity contribution < 1.29 is 4.79 Å². The Labute approximate surface area is 148 Å². The molecule has 2 aromatic rings. The highest BCUT2D eigenvalue weighted by Crippen LogP contribution is 2.29. The van der Waals surface area contributed by atoms with Gasteiger partial charge in [-0.1, -0.05) is 37.5 Å². The monoisotopic (exact) mass is 336 g/mol. The predicted molar refractivity (Wildman–Crippen MR) is 99.1 cm³/mol. The molecule has 130 valence electrons. The Balaban J connectivity index is 1.57. The maximum absolute atomic E-state index is 13.0. The number of carbonyl (C=O) groups excluding carboxylic acids is 1. The molecule has 0 unspecified atom stereocenters. The molecule has 1 aliphatic heterocycles. The smallest absolute Gasteiger partial charge is 0.277 e. The molecule has 0 spiro atoms. The third-order valence-corrected chi connectivity index (χ3v) is 5.15. The van der Waals surface area contributed by atoms with Gasteiger partial charge in [0, 0.05) is 24.3 Å². The van der Waals surface area contributed by atoms with Gasteiger partial charge < -0.3 is 10.2 Å². The minimum atomic E-state index is -0.0397. The highest BCUT2D eigenvalue weighted by Gasteiger charge is 2.26. The quantitative estimate of drug-likeness (QED) is 0.928. The molecule has 25 heavy (non-hydrogen) atoms. The van der Waals surface area contributed by atoms with Crippen molar-refractivity contribution in [2.45, 2.75) is 51.5 Å². The van der Waals surface area contributed by atoms with Gasteiger partial charge >= 0.3 is 0 Å². The molecule has 1 aromatic heterocycles. The number of anilines is 2. The van der Waals surface area contributed by atoms with E-state index in [1.165, 1.54) is 37.7 Å². The van der Waals surface area contributed by atoms with E-state index in [9.17, 15) is 4.79 Å². The van der Waals surface area contributed by atoms with Crippen molar-refractivity contribution in [2.75, 3.05) is 16.8 Å². The number of carbonyl (C=O) groups is 1. The molecule has 0 radical (unpaired) electrons. The highest BCUT2D eigenvalue weighted by atomic mass is 16.2. The largest absolute Gasteiger partial charge is 0.367 e. The van der Waals surface area contributed by atoms with Crippen LogP contribution in [-0.2, 0) is 6.42 Å². The summed E-state index contributed by atoms with van der Waals surface area (Å²) in [5.41, 5.74) is 2.70. The first-order valence-corrected chi connectivity index (χ1v) is 9.23. The van der Waals surface area contributed by atoms with E-state index in [0.29, 0.717) is 24.1 Å². The van der Waals surface area contributed by atoms with E-state index in [1.807, 2.05) is 36.1 Å². The Bertz CT molecular complexity index is 783. The van der Waals surface area contributed by atoms with E-state index in [-0.39, 0.29) is 5.91 Å². The van der Waals surface area contributed by atoms with Crippen LogP contribution in [0.25, 0.3) is 0 Å². The zero-order valence-electron chi connectivity index (χ0n) is 14.7. The van der Waals surface area contributed by atoms with E-state index < -0.39 is 0 Å². The van der Waals surface area contributed by atoms with Crippen LogP contribution in [0.1, 0.15) is 54.0 Å². The summed E-state index contributed by atoms with van der Waals surface area (Å²) < 4.78 is 0. The number of nitrogens with zero attached hydrogens (tertiary/aromatic N) is 3. The fourth-order valence-corrected chi connectivity index (χ4v) is 3.89. The molecule has 1 saturated carbocycles. The van der Waals surface area contributed by atoms with Crippen LogP contribution in [0, 0.1) is 6.92 Å². The second-order valence-electron chi connectivity index (χ2n) is 7.00. The van der Waals surface area contributed by atoms with Crippen LogP contribution in [0.4, 0.5) is 11.5 Å². The van der Waals surface area contributed by atoms with Crippen molar-refractivity contribution in [3.8, 4) is 0 Å². The number of para-hydroxylation sites is 1. The summed E-state index contributed by atoms with van der Waals surface area (Å²) in [6, 6.07) is 10.4. The molecule has 1 N–H and O–H groups in total. The SMILES string of the molecule is Cc1nc(NC2CCCCC2)cc(C(=O)N2CCc3ccccc32)n1. The summed E-state index contributed by atoms with van der Waals surface area (Å²) in [4.78, 5) is 23.7. The van der Waals surface area contributed by atoms with E-state index in [0.717, 1.165) is 17.9 Å². The summed E-state index contributed by atoms with van der Waals surface area (Å²) >= 11 is 0. The number of fused-ring (bicyclic) bond motifs is 1. The lowest BCUT2D eigenvalue weighted by molar-refractivity contribution is 0.0984. The van der Waals surface area contributed by atoms with Crippen molar-refractivity contribution in [3.05, 3.63) is 47.4 Å². The van der Waals surface area contributed by atoms with Crippen molar-refractivity contribution in [2.24, 2.45) is 0 Å². The van der Waals surface area contributed by atoms with Crippen molar-refractivity contribution in [1.82, 2.24) is 9.97 Å². The number of benzene rings is 1. The number of hydrogen-bond acceptors (Lipinski definition) is 4. The Morgan fingerprint density at radius 2 is 1.96 bits per heavy atom. The number of nitrogens with one attached hydrogen (secondary N) is 1. The fraction of sp³-hybridized carbons (Fsp3) is 0.450. The molecule has 0 bridgehead atoms. The average molecular weight is 336 g/mol. The molecule has 0 saturated heterocycles. The Hall–Kier alpha value is -2.43. The second-order valence-corrected chi connectivity index (χ2v) is 7.00. The molecule has 2 aliphatic rings. The van der Waals surface area contributed by atoms with Crippen LogP contribution in [0.2, 0.25) is 0 Å². The lowest BCUT2D eigenvalue weighted by Crippen LogP contribution is -2.30. The molecular weight excluding hydrogens is 312 g/mol. The van der Waals surface area contributed by atoms with Gasteiger partial charge in [0.2, 0.25) is 0 Å². The molecule has 1 fully saturated rings. The normalized spacial score (nSPS) is 17.4. The van der Waals surface area contributed by atoms with E-state index >= 15 is 0 Å². The van der Waals surface area contributed by atoms with Crippen LogP contribution in [-0.4, -0.2) is 28.5 Å². The van der Waals surface area contributed by atoms with Gasteiger partial charge in [0.15, 0.2) is 0 Å². The zero-order chi connectivity index (χ0) is 17.2. The lowest BCUT2D eigenvalue weighted by Gasteiger charge is -2.24. The molecule has 4 rings (SSSR count). The van der Waals surface area contributed by atoms with Gasteiger partial charge in [-0.2, -0.15) is 0 Å². The van der Waals surface area contributed by atoms with Crippen LogP contribution in [0.5, 0.6) is 0 Å². The fourth-order valence-electron chi connectivity index (χ4n) is 3.89. The van der Waals surface area contributed by atoms with Gasteiger partial charge in [0.05, 0.1) is 0 Å². The summed E-state index contributed by atoms with van der Waals surface area (Å²) in [5.74, 6) is 1.37. The third kappa shape index (κ3) is 3.36. The predicted octanol–water partition coefficient (Wildman–Crippen LogP) is 3.73. The average Bonchev–Trinajstić information content (AvgIpc) is 3.05. The first-order chi connectivity index (χ1) is 12.2. The number of aromatic nitrogens is 2. The minimum absolute atomic E-state index is 0.0397. The van der Waals surface area contributed by atoms with E-state index in [2.05, 4.69) is 21.4 Å². The van der Waals surface area contributed by atoms with Gasteiger partial charge in [-0.15, -0.1) is 0 Å². The lowest BCUT2D eigenvalue weighted by atomic mass is 9.95. The first kappa shape index (κ1) is 16.1. The molecule has 5 heteroatoms. The second kappa shape index (κ2) is 6.82. The molecule has 1 aromatic carbocycles. The summed E-state index contributed by atoms with van der Waals surface area (Å²) in [6.07, 6.45) is 7.09. The minimum Gasteiger partial charge on any atom is -0.367 e. The van der Waals surface area contributed by atoms with Gasteiger partial charge in [0.1, 0.15) is 17.3 Å². The number of amides is 1. The maximum atomic E-state index is 13.0. The Morgan fingerprint density at radius 1 is 1.16 bits per heavy atom. The molecular formula is C20H24N4O. The van der Waals surface area contributed by atoms with Crippen molar-refractivity contribution >= 4 is 17.4 Å². The van der Waals surface area contributed by atoms with Gasteiger partial charge in [-0.05, 0) is 37.8 Å². The number of aryl methyl sites for hydroxylation is 1. The highest BCUT2D eigenvalue weighted by molar-refractivity contribution is 6.06. The molecule has 1 amide bonds. The maximum Gasteiger partial charge on any atom is 0.277 e. The molecule has 2 heterocycles.